The molecule has 300 valence electrons. The van der Waals surface area contributed by atoms with Gasteiger partial charge in [0, 0.05) is 18.7 Å². The Morgan fingerprint density at radius 2 is 1.53 bits per heavy atom. The first-order valence-corrected chi connectivity index (χ1v) is 18.0. The van der Waals surface area contributed by atoms with E-state index in [0.29, 0.717) is 0 Å². The van der Waals surface area contributed by atoms with Gasteiger partial charge in [0.25, 0.3) is 5.91 Å². The lowest BCUT2D eigenvalue weighted by molar-refractivity contribution is -0.355. The highest BCUT2D eigenvalue weighted by Crippen LogP contribution is 2.34. The molecule has 19 nitrogen and oxygen atoms in total. The lowest BCUT2D eigenvalue weighted by Gasteiger charge is -2.47. The Labute approximate surface area is 305 Å². The van der Waals surface area contributed by atoms with Crippen molar-refractivity contribution in [2.45, 2.75) is 138 Å². The van der Waals surface area contributed by atoms with Gasteiger partial charge >= 0.3 is 5.97 Å². The van der Waals surface area contributed by atoms with Gasteiger partial charge in [-0.25, -0.2) is 4.79 Å². The van der Waals surface area contributed by atoms with Crippen LogP contribution in [0, 0.1) is 5.92 Å². The fourth-order valence-electron chi connectivity index (χ4n) is 7.28. The Morgan fingerprint density at radius 3 is 2.17 bits per heavy atom. The third kappa shape index (κ3) is 10.2. The van der Waals surface area contributed by atoms with Crippen LogP contribution in [0.5, 0.6) is 0 Å². The van der Waals surface area contributed by atoms with E-state index in [1.54, 1.807) is 0 Å². The number of benzene rings is 1. The summed E-state index contributed by atoms with van der Waals surface area (Å²) in [6.45, 7) is 0.556. The van der Waals surface area contributed by atoms with Gasteiger partial charge in [-0.1, -0.05) is 32.1 Å². The molecular weight excluding hydrogens is 708 g/mol. The summed E-state index contributed by atoms with van der Waals surface area (Å²) in [5, 5.41) is 95.0. The number of nitrogens with one attached hydrogen (secondary N) is 1. The molecule has 0 aromatic heterocycles. The monoisotopic (exact) mass is 760 g/mol. The minimum atomic E-state index is -1.76. The van der Waals surface area contributed by atoms with Crippen molar-refractivity contribution < 1.29 is 84.2 Å². The Bertz CT molecular complexity index is 1320. The SMILES string of the molecule is CC1OC(OC2C(CNC(=O)c3ccc(N(O)O)cc3)OCCC2OC2OC(CO)C(O)C(OC(CC3CCCCC3)C(=O)O)C2O)C(O)C(O)C1O. The number of anilines is 1. The maximum atomic E-state index is 13.0. The predicted octanol–water partition coefficient (Wildman–Crippen LogP) is -1.36. The van der Waals surface area contributed by atoms with Crippen LogP contribution in [0.2, 0.25) is 0 Å². The summed E-state index contributed by atoms with van der Waals surface area (Å²) in [5.74, 6) is -1.75. The second kappa shape index (κ2) is 18.8. The smallest absolute Gasteiger partial charge is 0.332 e. The molecule has 19 heteroatoms. The van der Waals surface area contributed by atoms with Crippen molar-refractivity contribution in [3.8, 4) is 0 Å². The third-order valence-electron chi connectivity index (χ3n) is 10.4. The number of carbonyl (C=O) groups is 2. The lowest BCUT2D eigenvalue weighted by atomic mass is 9.85. The topological polar surface area (TPSA) is 287 Å². The highest BCUT2D eigenvalue weighted by Gasteiger charge is 2.51. The Balaban J connectivity index is 1.34. The Morgan fingerprint density at radius 1 is 0.849 bits per heavy atom. The average Bonchev–Trinajstić information content (AvgIpc) is 3.15. The Hall–Kier alpha value is -2.60. The molecule has 3 heterocycles. The molecular formula is C34H52N2O17. The number of aliphatic carboxylic acids is 1. The second-order valence-corrected chi connectivity index (χ2v) is 14.1. The first-order valence-electron chi connectivity index (χ1n) is 18.0. The van der Waals surface area contributed by atoms with E-state index >= 15 is 0 Å². The molecule has 14 atom stereocenters. The van der Waals surface area contributed by atoms with Crippen LogP contribution in [0.15, 0.2) is 24.3 Å². The number of ether oxygens (including phenoxy) is 6. The van der Waals surface area contributed by atoms with Crippen LogP contribution in [0.4, 0.5) is 5.69 Å². The number of amides is 1. The zero-order valence-electron chi connectivity index (χ0n) is 29.3. The zero-order valence-corrected chi connectivity index (χ0v) is 29.3. The summed E-state index contributed by atoms with van der Waals surface area (Å²) >= 11 is 0. The van der Waals surface area contributed by atoms with Crippen LogP contribution in [-0.4, -0.2) is 164 Å². The van der Waals surface area contributed by atoms with Crippen molar-refractivity contribution in [2.24, 2.45) is 5.92 Å². The molecule has 1 aliphatic carbocycles. The summed E-state index contributed by atoms with van der Waals surface area (Å²) in [5.41, 5.74) is 0.173. The maximum absolute atomic E-state index is 13.0. The first kappa shape index (κ1) is 41.6. The van der Waals surface area contributed by atoms with Gasteiger partial charge in [-0.15, -0.1) is 5.23 Å². The molecule has 14 unspecified atom stereocenters. The van der Waals surface area contributed by atoms with E-state index in [4.69, 9.17) is 28.4 Å². The largest absolute Gasteiger partial charge is 0.479 e. The number of hydrogen-bond donors (Lipinski definition) is 10. The van der Waals surface area contributed by atoms with Crippen molar-refractivity contribution in [1.82, 2.24) is 5.32 Å². The minimum Gasteiger partial charge on any atom is -0.479 e. The fraction of sp³-hybridized carbons (Fsp3) is 0.765. The molecule has 4 fully saturated rings. The van der Waals surface area contributed by atoms with Crippen molar-refractivity contribution in [3.05, 3.63) is 29.8 Å². The number of aliphatic hydroxyl groups is 6. The minimum absolute atomic E-state index is 0.0107. The maximum Gasteiger partial charge on any atom is 0.332 e. The molecule has 4 aliphatic rings. The van der Waals surface area contributed by atoms with Crippen LogP contribution >= 0.6 is 0 Å². The van der Waals surface area contributed by atoms with Gasteiger partial charge in [-0.05, 0) is 49.9 Å². The number of nitrogens with zero attached hydrogens (tertiary/aromatic N) is 1. The van der Waals surface area contributed by atoms with Gasteiger partial charge in [0.05, 0.1) is 24.5 Å². The van der Waals surface area contributed by atoms with Crippen molar-refractivity contribution in [3.63, 3.8) is 0 Å². The molecule has 1 amide bonds. The van der Waals surface area contributed by atoms with Crippen molar-refractivity contribution in [1.29, 1.82) is 0 Å². The highest BCUT2D eigenvalue weighted by molar-refractivity contribution is 5.94. The van der Waals surface area contributed by atoms with Gasteiger partial charge in [0.15, 0.2) is 18.7 Å². The highest BCUT2D eigenvalue weighted by atomic mass is 16.8. The molecule has 3 aliphatic heterocycles. The van der Waals surface area contributed by atoms with Crippen LogP contribution in [-0.2, 0) is 33.2 Å². The van der Waals surface area contributed by atoms with Crippen LogP contribution in [0.25, 0.3) is 0 Å². The molecule has 1 aromatic carbocycles. The van der Waals surface area contributed by atoms with E-state index < -0.39 is 104 Å². The number of carboxylic acid groups (broad SMARTS) is 1. The average molecular weight is 761 g/mol. The van der Waals surface area contributed by atoms with Gasteiger partial charge in [0.1, 0.15) is 54.9 Å². The van der Waals surface area contributed by atoms with Crippen LogP contribution in [0.1, 0.15) is 62.2 Å². The summed E-state index contributed by atoms with van der Waals surface area (Å²) in [6, 6.07) is 5.29. The second-order valence-electron chi connectivity index (χ2n) is 14.1. The molecule has 10 N–H and O–H groups in total. The molecule has 0 radical (unpaired) electrons. The molecule has 0 spiro atoms. The molecule has 53 heavy (non-hydrogen) atoms. The van der Waals surface area contributed by atoms with Crippen LogP contribution < -0.4 is 10.5 Å². The molecule has 0 bridgehead atoms. The summed E-state index contributed by atoms with van der Waals surface area (Å²) in [7, 11) is 0. The normalized spacial score (nSPS) is 37.5. The van der Waals surface area contributed by atoms with E-state index in [-0.39, 0.29) is 48.4 Å². The number of aliphatic hydroxyl groups excluding tert-OH is 6. The first-order chi connectivity index (χ1) is 25.3. The van der Waals surface area contributed by atoms with E-state index in [9.17, 15) is 55.7 Å². The third-order valence-corrected chi connectivity index (χ3v) is 10.4. The van der Waals surface area contributed by atoms with Crippen LogP contribution in [0.3, 0.4) is 0 Å². The summed E-state index contributed by atoms with van der Waals surface area (Å²) in [4.78, 5) is 25.3. The quantitative estimate of drug-likeness (QED) is 0.0980. The fourth-order valence-corrected chi connectivity index (χ4v) is 7.28. The lowest BCUT2D eigenvalue weighted by Crippen LogP contribution is -2.64. The summed E-state index contributed by atoms with van der Waals surface area (Å²) < 4.78 is 35.6. The number of hydrogen-bond acceptors (Lipinski definition) is 17. The standard InChI is InChI=1S/C34H52N2O17/c1-16-24(38)26(40)27(41)33(49-16)53-29-20(11-12-48-22(29)14-35-31(43)18-7-9-19(10-8-18)36(46)47)51-34-28(42)30(25(39)23(15-37)52-34)50-21(32(44)45)13-17-5-3-2-4-6-17/h7-10,16-17,20-30,33-34,37-42,46-47H,2-6,11-15H2,1H3,(H,35,43)(H,44,45). The molecule has 5 rings (SSSR count). The number of carboxylic acids is 1. The van der Waals surface area contributed by atoms with Gasteiger partial charge in [0.2, 0.25) is 0 Å². The molecule has 3 saturated heterocycles. The number of rotatable bonds is 14. The van der Waals surface area contributed by atoms with Gasteiger partial charge in [-0.3, -0.25) is 15.2 Å². The predicted molar refractivity (Wildman–Crippen MR) is 177 cm³/mol. The zero-order chi connectivity index (χ0) is 38.4. The van der Waals surface area contributed by atoms with Gasteiger partial charge < -0.3 is 69.5 Å². The van der Waals surface area contributed by atoms with Crippen molar-refractivity contribution in [2.75, 3.05) is 25.0 Å². The van der Waals surface area contributed by atoms with E-state index in [1.165, 1.54) is 31.2 Å². The summed E-state index contributed by atoms with van der Waals surface area (Å²) in [6.07, 6.45) is -14.9. The molecule has 1 saturated carbocycles. The van der Waals surface area contributed by atoms with E-state index in [2.05, 4.69) is 5.32 Å². The van der Waals surface area contributed by atoms with E-state index in [1.807, 2.05) is 0 Å². The van der Waals surface area contributed by atoms with Crippen molar-refractivity contribution >= 4 is 17.6 Å². The molecule has 1 aromatic rings. The number of carbonyl (C=O) groups excluding carboxylic acids is 1. The van der Waals surface area contributed by atoms with Gasteiger partial charge in [-0.2, -0.15) is 0 Å². The van der Waals surface area contributed by atoms with E-state index in [0.717, 1.165) is 32.1 Å². The Kier molecular flexibility index (Phi) is 14.8.